The lowest BCUT2D eigenvalue weighted by Crippen LogP contribution is -2.34. The van der Waals surface area contributed by atoms with E-state index in [0.717, 1.165) is 12.8 Å². The summed E-state index contributed by atoms with van der Waals surface area (Å²) in [6.07, 6.45) is 1.38. The topological polar surface area (TPSA) is 86.5 Å². The van der Waals surface area contributed by atoms with Crippen molar-refractivity contribution in [3.63, 3.8) is 0 Å². The van der Waals surface area contributed by atoms with E-state index in [0.29, 0.717) is 29.2 Å². The lowest BCUT2D eigenvalue weighted by atomic mass is 10.2. The van der Waals surface area contributed by atoms with Crippen LogP contribution < -0.4 is 14.8 Å². The van der Waals surface area contributed by atoms with E-state index in [4.69, 9.17) is 13.9 Å². The monoisotopic (exact) mass is 363 g/mol. The first-order valence-corrected chi connectivity index (χ1v) is 9.32. The second-order valence-corrected chi connectivity index (χ2v) is 6.57. The SMILES string of the molecule is CCC(CC)NC(=O)CSc1nnc([C@H]2COc3ccccc3O2)o1. The first-order valence-electron chi connectivity index (χ1n) is 8.33. The molecular weight excluding hydrogens is 342 g/mol. The number of carbonyl (C=O) groups is 1. The Balaban J connectivity index is 1.54. The number of rotatable bonds is 7. The minimum Gasteiger partial charge on any atom is -0.485 e. The molecule has 1 aliphatic rings. The normalized spacial score (nSPS) is 16.0. The fourth-order valence-corrected chi connectivity index (χ4v) is 3.02. The molecule has 0 saturated heterocycles. The first kappa shape index (κ1) is 17.6. The molecule has 3 rings (SSSR count). The summed E-state index contributed by atoms with van der Waals surface area (Å²) >= 11 is 1.21. The summed E-state index contributed by atoms with van der Waals surface area (Å²) in [5, 5.41) is 11.3. The standard InChI is InChI=1S/C17H21N3O4S/c1-3-11(4-2)18-15(21)10-25-17-20-19-16(24-17)14-9-22-12-7-5-6-8-13(12)23-14/h5-8,11,14H,3-4,9-10H2,1-2H3,(H,18,21)/t14-/m1/s1. The molecule has 134 valence electrons. The number of hydrogen-bond donors (Lipinski definition) is 1. The predicted octanol–water partition coefficient (Wildman–Crippen LogP) is 2.98. The molecule has 0 fully saturated rings. The molecular formula is C17H21N3O4S. The second-order valence-electron chi connectivity index (χ2n) is 5.64. The van der Waals surface area contributed by atoms with Crippen molar-refractivity contribution in [2.24, 2.45) is 0 Å². The molecule has 1 atom stereocenters. The average Bonchev–Trinajstić information content (AvgIpc) is 3.13. The number of thioether (sulfide) groups is 1. The van der Waals surface area contributed by atoms with E-state index in [2.05, 4.69) is 29.4 Å². The van der Waals surface area contributed by atoms with Crippen LogP contribution in [0.25, 0.3) is 0 Å². The van der Waals surface area contributed by atoms with E-state index in [1.165, 1.54) is 11.8 Å². The predicted molar refractivity (Wildman–Crippen MR) is 92.8 cm³/mol. The summed E-state index contributed by atoms with van der Waals surface area (Å²) in [6.45, 7) is 4.41. The number of fused-ring (bicyclic) bond motifs is 1. The molecule has 0 bridgehead atoms. The molecule has 0 radical (unpaired) electrons. The summed E-state index contributed by atoms with van der Waals surface area (Å²) in [5.41, 5.74) is 0. The molecule has 2 heterocycles. The third-order valence-electron chi connectivity index (χ3n) is 3.88. The van der Waals surface area contributed by atoms with Crippen molar-refractivity contribution in [2.75, 3.05) is 12.4 Å². The van der Waals surface area contributed by atoms with Crippen LogP contribution in [-0.2, 0) is 4.79 Å². The molecule has 1 amide bonds. The van der Waals surface area contributed by atoms with E-state index in [9.17, 15) is 4.79 Å². The molecule has 1 N–H and O–H groups in total. The highest BCUT2D eigenvalue weighted by Crippen LogP contribution is 2.35. The number of benzene rings is 1. The average molecular weight is 363 g/mol. The van der Waals surface area contributed by atoms with Gasteiger partial charge in [-0.3, -0.25) is 4.79 Å². The quantitative estimate of drug-likeness (QED) is 0.757. The largest absolute Gasteiger partial charge is 0.485 e. The third kappa shape index (κ3) is 4.45. The molecule has 0 unspecified atom stereocenters. The van der Waals surface area contributed by atoms with E-state index >= 15 is 0 Å². The first-order chi connectivity index (χ1) is 12.2. The number of amides is 1. The van der Waals surface area contributed by atoms with Crippen molar-refractivity contribution in [1.82, 2.24) is 15.5 Å². The zero-order valence-corrected chi connectivity index (χ0v) is 15.0. The van der Waals surface area contributed by atoms with Crippen molar-refractivity contribution in [3.05, 3.63) is 30.2 Å². The van der Waals surface area contributed by atoms with Gasteiger partial charge in [0.05, 0.1) is 5.75 Å². The summed E-state index contributed by atoms with van der Waals surface area (Å²) in [4.78, 5) is 11.9. The Morgan fingerprint density at radius 3 is 2.80 bits per heavy atom. The highest BCUT2D eigenvalue weighted by atomic mass is 32.2. The maximum absolute atomic E-state index is 11.9. The van der Waals surface area contributed by atoms with Gasteiger partial charge in [0.25, 0.3) is 11.1 Å². The Kier molecular flexibility index (Phi) is 5.80. The Bertz CT molecular complexity index is 717. The molecule has 1 aliphatic heterocycles. The minimum absolute atomic E-state index is 0.0374. The number of nitrogens with one attached hydrogen (secondary N) is 1. The summed E-state index contributed by atoms with van der Waals surface area (Å²) in [6, 6.07) is 7.64. The molecule has 7 nitrogen and oxygen atoms in total. The van der Waals surface area contributed by atoms with Gasteiger partial charge in [0, 0.05) is 6.04 Å². The number of ether oxygens (including phenoxy) is 2. The maximum atomic E-state index is 11.9. The van der Waals surface area contributed by atoms with E-state index in [1.54, 1.807) is 0 Å². The van der Waals surface area contributed by atoms with Crippen molar-refractivity contribution in [3.8, 4) is 11.5 Å². The molecule has 0 saturated carbocycles. The van der Waals surface area contributed by atoms with Crippen LogP contribution in [0.2, 0.25) is 0 Å². The van der Waals surface area contributed by atoms with Crippen molar-refractivity contribution < 1.29 is 18.7 Å². The number of aromatic nitrogens is 2. The van der Waals surface area contributed by atoms with Crippen molar-refractivity contribution in [2.45, 2.75) is 44.1 Å². The van der Waals surface area contributed by atoms with Gasteiger partial charge >= 0.3 is 0 Å². The molecule has 0 aliphatic carbocycles. The molecule has 1 aromatic carbocycles. The van der Waals surface area contributed by atoms with Gasteiger partial charge in [-0.2, -0.15) is 0 Å². The van der Waals surface area contributed by atoms with Gasteiger partial charge in [0.2, 0.25) is 12.0 Å². The number of carbonyl (C=O) groups excluding carboxylic acids is 1. The number of para-hydroxylation sites is 2. The Morgan fingerprint density at radius 1 is 1.28 bits per heavy atom. The number of nitrogens with zero attached hydrogens (tertiary/aromatic N) is 2. The van der Waals surface area contributed by atoms with Gasteiger partial charge < -0.3 is 19.2 Å². The van der Waals surface area contributed by atoms with Crippen LogP contribution in [0.5, 0.6) is 11.5 Å². The van der Waals surface area contributed by atoms with Gasteiger partial charge in [-0.05, 0) is 25.0 Å². The Hall–Kier alpha value is -2.22. The second kappa shape index (κ2) is 8.24. The van der Waals surface area contributed by atoms with Crippen LogP contribution in [0, 0.1) is 0 Å². The molecule has 25 heavy (non-hydrogen) atoms. The lowest BCUT2D eigenvalue weighted by molar-refractivity contribution is -0.119. The summed E-state index contributed by atoms with van der Waals surface area (Å²) < 4.78 is 17.1. The third-order valence-corrected chi connectivity index (χ3v) is 4.70. The van der Waals surface area contributed by atoms with Gasteiger partial charge in [-0.25, -0.2) is 0 Å². The molecule has 2 aromatic rings. The van der Waals surface area contributed by atoms with Gasteiger partial charge in [-0.1, -0.05) is 37.7 Å². The van der Waals surface area contributed by atoms with Crippen molar-refractivity contribution >= 4 is 17.7 Å². The van der Waals surface area contributed by atoms with Crippen molar-refractivity contribution in [1.29, 1.82) is 0 Å². The fourth-order valence-electron chi connectivity index (χ4n) is 2.44. The van der Waals surface area contributed by atoms with Crippen LogP contribution in [0.4, 0.5) is 0 Å². The van der Waals surface area contributed by atoms with E-state index < -0.39 is 6.10 Å². The smallest absolute Gasteiger partial charge is 0.277 e. The molecule has 0 spiro atoms. The maximum Gasteiger partial charge on any atom is 0.277 e. The fraction of sp³-hybridized carbons (Fsp3) is 0.471. The highest BCUT2D eigenvalue weighted by Gasteiger charge is 2.27. The van der Waals surface area contributed by atoms with Gasteiger partial charge in [0.1, 0.15) is 6.61 Å². The molecule has 1 aromatic heterocycles. The van der Waals surface area contributed by atoms with E-state index in [-0.39, 0.29) is 17.7 Å². The van der Waals surface area contributed by atoms with Crippen LogP contribution in [-0.4, -0.2) is 34.5 Å². The zero-order valence-electron chi connectivity index (χ0n) is 14.2. The Labute approximate surface area is 150 Å². The van der Waals surface area contributed by atoms with Gasteiger partial charge in [0.15, 0.2) is 11.5 Å². The molecule has 8 heteroatoms. The summed E-state index contributed by atoms with van der Waals surface area (Å²) in [7, 11) is 0. The van der Waals surface area contributed by atoms with Crippen LogP contribution in [0.15, 0.2) is 33.9 Å². The van der Waals surface area contributed by atoms with E-state index in [1.807, 2.05) is 24.3 Å². The Morgan fingerprint density at radius 2 is 2.04 bits per heavy atom. The summed E-state index contributed by atoms with van der Waals surface area (Å²) in [5.74, 6) is 1.90. The minimum atomic E-state index is -0.449. The van der Waals surface area contributed by atoms with Crippen LogP contribution in [0.1, 0.15) is 38.7 Å². The number of hydrogen-bond acceptors (Lipinski definition) is 7. The van der Waals surface area contributed by atoms with Crippen LogP contribution in [0.3, 0.4) is 0 Å². The lowest BCUT2D eigenvalue weighted by Gasteiger charge is -2.23. The zero-order chi connectivity index (χ0) is 17.6. The highest BCUT2D eigenvalue weighted by molar-refractivity contribution is 7.99. The van der Waals surface area contributed by atoms with Crippen LogP contribution >= 0.6 is 11.8 Å². The van der Waals surface area contributed by atoms with Gasteiger partial charge in [-0.15, -0.1) is 10.2 Å².